The third-order valence-electron chi connectivity index (χ3n) is 1.67. The van der Waals surface area contributed by atoms with Crippen molar-refractivity contribution in [2.24, 2.45) is 0 Å². The molecule has 0 N–H and O–H groups in total. The fourth-order valence-corrected chi connectivity index (χ4v) is 1.02. The molecular weight excluding hydrogens is 152 g/mol. The minimum absolute atomic E-state index is 0.274. The molecule has 0 amide bonds. The zero-order chi connectivity index (χ0) is 8.81. The highest BCUT2D eigenvalue weighted by molar-refractivity contribution is 5.17. The SMILES string of the molecule is N#CCCC([18F])c1ccccc1. The number of hydrogen-bond acceptors (Lipinski definition) is 1. The van der Waals surface area contributed by atoms with Gasteiger partial charge in [0.25, 0.3) is 0 Å². The van der Waals surface area contributed by atoms with E-state index in [1.54, 1.807) is 24.3 Å². The Morgan fingerprint density at radius 1 is 1.33 bits per heavy atom. The molecule has 1 aromatic carbocycles. The van der Waals surface area contributed by atoms with Gasteiger partial charge in [-0.25, -0.2) is 4.39 Å². The van der Waals surface area contributed by atoms with Crippen LogP contribution < -0.4 is 0 Å². The highest BCUT2D eigenvalue weighted by atomic mass is 18.2. The average Bonchev–Trinajstić information content (AvgIpc) is 2.15. The quantitative estimate of drug-likeness (QED) is 0.670. The van der Waals surface area contributed by atoms with Crippen LogP contribution in [0.2, 0.25) is 0 Å². The highest BCUT2D eigenvalue weighted by Crippen LogP contribution is 2.21. The summed E-state index contributed by atoms with van der Waals surface area (Å²) >= 11 is 0. The van der Waals surface area contributed by atoms with Crippen LogP contribution in [0.1, 0.15) is 24.6 Å². The smallest absolute Gasteiger partial charge is 0.126 e. The lowest BCUT2D eigenvalue weighted by atomic mass is 10.1. The largest absolute Gasteiger partial charge is 0.242 e. The third kappa shape index (κ3) is 2.35. The van der Waals surface area contributed by atoms with E-state index in [2.05, 4.69) is 0 Å². The summed E-state index contributed by atoms with van der Waals surface area (Å²) in [5.74, 6) is 0. The lowest BCUT2D eigenvalue weighted by molar-refractivity contribution is 0.326. The second-order valence-electron chi connectivity index (χ2n) is 2.58. The molecule has 62 valence electrons. The van der Waals surface area contributed by atoms with Crippen LogP contribution in [0.25, 0.3) is 0 Å². The van der Waals surface area contributed by atoms with E-state index in [0.717, 1.165) is 0 Å². The van der Waals surface area contributed by atoms with Gasteiger partial charge in [0.1, 0.15) is 6.17 Å². The monoisotopic (exact) mass is 162 g/mol. The average molecular weight is 162 g/mol. The summed E-state index contributed by atoms with van der Waals surface area (Å²) in [4.78, 5) is 0. The standard InChI is InChI=1S/C10H10FN/c11-10(7-4-8-12)9-5-2-1-3-6-9/h1-3,5-6,10H,4,7H2/i11-1. The number of nitriles is 1. The first-order valence-corrected chi connectivity index (χ1v) is 3.90. The van der Waals surface area contributed by atoms with Crippen molar-refractivity contribution in [3.05, 3.63) is 35.9 Å². The van der Waals surface area contributed by atoms with Gasteiger partial charge in [-0.1, -0.05) is 30.3 Å². The van der Waals surface area contributed by atoms with Crippen LogP contribution in [-0.4, -0.2) is 0 Å². The fourth-order valence-electron chi connectivity index (χ4n) is 1.02. The molecular formula is C10H10FN. The van der Waals surface area contributed by atoms with Gasteiger partial charge in [-0.3, -0.25) is 0 Å². The van der Waals surface area contributed by atoms with E-state index in [0.29, 0.717) is 12.0 Å². The van der Waals surface area contributed by atoms with Gasteiger partial charge < -0.3 is 0 Å². The Balaban J connectivity index is 2.55. The van der Waals surface area contributed by atoms with Crippen LogP contribution in [0, 0.1) is 11.3 Å². The molecule has 1 rings (SSSR count). The molecule has 0 fully saturated rings. The first kappa shape index (κ1) is 8.73. The van der Waals surface area contributed by atoms with Gasteiger partial charge in [-0.15, -0.1) is 0 Å². The van der Waals surface area contributed by atoms with Crippen molar-refractivity contribution in [2.45, 2.75) is 19.0 Å². The topological polar surface area (TPSA) is 23.8 Å². The van der Waals surface area contributed by atoms with Gasteiger partial charge in [0, 0.05) is 6.42 Å². The molecule has 1 unspecified atom stereocenters. The number of alkyl halides is 1. The van der Waals surface area contributed by atoms with Crippen LogP contribution in [0.5, 0.6) is 0 Å². The molecule has 1 atom stereocenters. The van der Waals surface area contributed by atoms with E-state index < -0.39 is 6.17 Å². The van der Waals surface area contributed by atoms with Gasteiger partial charge in [0.05, 0.1) is 6.07 Å². The normalized spacial score (nSPS) is 12.0. The highest BCUT2D eigenvalue weighted by Gasteiger charge is 2.07. The summed E-state index contributed by atoms with van der Waals surface area (Å²) in [7, 11) is 0. The van der Waals surface area contributed by atoms with E-state index in [-0.39, 0.29) is 6.42 Å². The third-order valence-corrected chi connectivity index (χ3v) is 1.67. The Morgan fingerprint density at radius 2 is 2.00 bits per heavy atom. The molecule has 2 heteroatoms. The summed E-state index contributed by atoms with van der Waals surface area (Å²) in [5, 5.41) is 8.25. The van der Waals surface area contributed by atoms with Crippen LogP contribution in [0.15, 0.2) is 30.3 Å². The van der Waals surface area contributed by atoms with E-state index in [4.69, 9.17) is 5.26 Å². The molecule has 0 saturated heterocycles. The number of nitrogens with zero attached hydrogens (tertiary/aromatic N) is 1. The van der Waals surface area contributed by atoms with Gasteiger partial charge >= 0.3 is 0 Å². The van der Waals surface area contributed by atoms with Crippen molar-refractivity contribution >= 4 is 0 Å². The molecule has 1 aromatic rings. The van der Waals surface area contributed by atoms with Crippen molar-refractivity contribution < 1.29 is 4.39 Å². The van der Waals surface area contributed by atoms with Crippen molar-refractivity contribution in [3.63, 3.8) is 0 Å². The van der Waals surface area contributed by atoms with E-state index in [9.17, 15) is 4.39 Å². The first-order valence-electron chi connectivity index (χ1n) is 3.90. The Hall–Kier alpha value is -1.36. The number of halogens is 1. The predicted molar refractivity (Wildman–Crippen MR) is 45.1 cm³/mol. The summed E-state index contributed by atoms with van der Waals surface area (Å²) in [6.45, 7) is 0. The van der Waals surface area contributed by atoms with Gasteiger partial charge in [0.15, 0.2) is 0 Å². The lowest BCUT2D eigenvalue weighted by Crippen LogP contribution is -1.89. The van der Waals surface area contributed by atoms with E-state index in [1.165, 1.54) is 0 Å². The fraction of sp³-hybridized carbons (Fsp3) is 0.300. The molecule has 12 heavy (non-hydrogen) atoms. The molecule has 0 aliphatic carbocycles. The molecule has 0 aromatic heterocycles. The van der Waals surface area contributed by atoms with E-state index in [1.807, 2.05) is 12.1 Å². The molecule has 0 heterocycles. The zero-order valence-electron chi connectivity index (χ0n) is 6.70. The maximum Gasteiger partial charge on any atom is 0.126 e. The summed E-state index contributed by atoms with van der Waals surface area (Å²) < 4.78 is 13.2. The molecule has 0 spiro atoms. The second kappa shape index (κ2) is 4.50. The van der Waals surface area contributed by atoms with Gasteiger partial charge in [-0.2, -0.15) is 5.26 Å². The van der Waals surface area contributed by atoms with Crippen molar-refractivity contribution in [1.82, 2.24) is 0 Å². The number of hydrogen-bond donors (Lipinski definition) is 0. The van der Waals surface area contributed by atoms with Crippen LogP contribution in [0.3, 0.4) is 0 Å². The van der Waals surface area contributed by atoms with Crippen molar-refractivity contribution in [3.8, 4) is 6.07 Å². The summed E-state index contributed by atoms with van der Waals surface area (Å²) in [5.41, 5.74) is 0.660. The first-order chi connectivity index (χ1) is 5.84. The molecule has 0 aliphatic rings. The summed E-state index contributed by atoms with van der Waals surface area (Å²) in [6, 6.07) is 10.9. The van der Waals surface area contributed by atoms with Crippen LogP contribution in [0.4, 0.5) is 4.39 Å². The maximum absolute atomic E-state index is 13.2. The van der Waals surface area contributed by atoms with Crippen LogP contribution in [-0.2, 0) is 0 Å². The Bertz CT molecular complexity index is 263. The lowest BCUT2D eigenvalue weighted by Gasteiger charge is -2.04. The minimum Gasteiger partial charge on any atom is -0.242 e. The molecule has 1 nitrogen and oxygen atoms in total. The minimum atomic E-state index is -0.995. The number of benzene rings is 1. The molecule has 0 saturated carbocycles. The molecule has 0 aliphatic heterocycles. The predicted octanol–water partition coefficient (Wildman–Crippen LogP) is 3.00. The Morgan fingerprint density at radius 3 is 2.58 bits per heavy atom. The number of rotatable bonds is 3. The van der Waals surface area contributed by atoms with Crippen LogP contribution >= 0.6 is 0 Å². The Labute approximate surface area is 71.4 Å². The Kier molecular flexibility index (Phi) is 3.28. The van der Waals surface area contributed by atoms with Gasteiger partial charge in [-0.05, 0) is 12.0 Å². The molecule has 0 radical (unpaired) electrons. The zero-order valence-corrected chi connectivity index (χ0v) is 6.70. The van der Waals surface area contributed by atoms with Gasteiger partial charge in [0.2, 0.25) is 0 Å². The second-order valence-corrected chi connectivity index (χ2v) is 2.58. The van der Waals surface area contributed by atoms with Crippen molar-refractivity contribution in [2.75, 3.05) is 0 Å². The van der Waals surface area contributed by atoms with Crippen molar-refractivity contribution in [1.29, 1.82) is 5.26 Å². The van der Waals surface area contributed by atoms with E-state index >= 15 is 0 Å². The maximum atomic E-state index is 13.2. The molecule has 0 bridgehead atoms. The summed E-state index contributed by atoms with van der Waals surface area (Å²) in [6.07, 6.45) is -0.429.